The Morgan fingerprint density at radius 2 is 2.23 bits per heavy atom. The molecular weight excluding hydrogens is 338 g/mol. The van der Waals surface area contributed by atoms with Crippen molar-refractivity contribution in [1.82, 2.24) is 25.4 Å². The molecule has 0 radical (unpaired) electrons. The van der Waals surface area contributed by atoms with E-state index in [1.807, 2.05) is 18.5 Å². The molecule has 0 bridgehead atoms. The molecule has 1 aliphatic heterocycles. The van der Waals surface area contributed by atoms with Crippen LogP contribution in [0.15, 0.2) is 23.2 Å². The third kappa shape index (κ3) is 4.36. The van der Waals surface area contributed by atoms with Crippen molar-refractivity contribution in [3.8, 4) is 0 Å². The summed E-state index contributed by atoms with van der Waals surface area (Å²) in [6, 6.07) is 3.52. The summed E-state index contributed by atoms with van der Waals surface area (Å²) in [6.07, 6.45) is 2.29. The summed E-state index contributed by atoms with van der Waals surface area (Å²) in [7, 11) is 0. The van der Waals surface area contributed by atoms with Gasteiger partial charge in [-0.25, -0.2) is 18.4 Å². The van der Waals surface area contributed by atoms with Crippen LogP contribution in [-0.4, -0.2) is 33.8 Å². The minimum atomic E-state index is -0.438. The van der Waals surface area contributed by atoms with Gasteiger partial charge in [0.05, 0.1) is 6.04 Å². The van der Waals surface area contributed by atoms with E-state index < -0.39 is 11.6 Å². The van der Waals surface area contributed by atoms with Crippen molar-refractivity contribution in [2.24, 2.45) is 4.99 Å². The van der Waals surface area contributed by atoms with Crippen LogP contribution in [0.2, 0.25) is 0 Å². The van der Waals surface area contributed by atoms with E-state index in [1.54, 1.807) is 0 Å². The third-order valence-electron chi connectivity index (χ3n) is 4.29. The molecule has 1 atom stereocenters. The molecule has 2 N–H and O–H groups in total. The lowest BCUT2D eigenvalue weighted by Crippen LogP contribution is -2.41. The smallest absolute Gasteiger partial charge is 0.191 e. The fraction of sp³-hybridized carbons (Fsp3) is 0.500. The van der Waals surface area contributed by atoms with Gasteiger partial charge in [0, 0.05) is 19.6 Å². The predicted octanol–water partition coefficient (Wildman–Crippen LogP) is 2.50. The molecule has 0 fully saturated rings. The van der Waals surface area contributed by atoms with Crippen molar-refractivity contribution < 1.29 is 8.78 Å². The minimum absolute atomic E-state index is 0.0358. The fourth-order valence-corrected chi connectivity index (χ4v) is 3.11. The Morgan fingerprint density at radius 1 is 1.38 bits per heavy atom. The number of hydrogen-bond donors (Lipinski definition) is 2. The van der Waals surface area contributed by atoms with Crippen LogP contribution in [0.4, 0.5) is 8.78 Å². The molecule has 0 spiro atoms. The van der Waals surface area contributed by atoms with Crippen molar-refractivity contribution in [3.63, 3.8) is 0 Å². The van der Waals surface area contributed by atoms with E-state index in [-0.39, 0.29) is 6.04 Å². The van der Waals surface area contributed by atoms with E-state index in [0.29, 0.717) is 31.0 Å². The number of fused-ring (bicyclic) bond motifs is 1. The van der Waals surface area contributed by atoms with Crippen LogP contribution in [0.3, 0.4) is 0 Å². The third-order valence-corrected chi connectivity index (χ3v) is 4.29. The van der Waals surface area contributed by atoms with Crippen molar-refractivity contribution in [1.29, 1.82) is 0 Å². The number of benzene rings is 1. The van der Waals surface area contributed by atoms with Gasteiger partial charge < -0.3 is 10.6 Å². The number of guanidine groups is 1. The number of aliphatic imine (C=N–C) groups is 1. The van der Waals surface area contributed by atoms with Crippen LogP contribution >= 0.6 is 0 Å². The van der Waals surface area contributed by atoms with Gasteiger partial charge in [-0.3, -0.25) is 4.99 Å². The van der Waals surface area contributed by atoms with Gasteiger partial charge in [-0.2, -0.15) is 5.10 Å². The standard InChI is InChI=1S/C18H24F2N6/c1-3-21-18(22-9-8-13-11-14(19)6-7-15(13)20)24-16-5-4-10-26-17(16)23-12(2)25-26/h6-7,11,16H,3-5,8-10H2,1-2H3,(H2,21,22,24). The highest BCUT2D eigenvalue weighted by molar-refractivity contribution is 5.80. The second-order valence-corrected chi connectivity index (χ2v) is 6.33. The second kappa shape index (κ2) is 8.25. The highest BCUT2D eigenvalue weighted by atomic mass is 19.1. The molecule has 0 saturated heterocycles. The quantitative estimate of drug-likeness (QED) is 0.634. The minimum Gasteiger partial charge on any atom is -0.357 e. The molecule has 8 heteroatoms. The Balaban J connectivity index is 1.67. The maximum absolute atomic E-state index is 13.7. The lowest BCUT2D eigenvalue weighted by atomic mass is 10.1. The van der Waals surface area contributed by atoms with E-state index in [4.69, 9.17) is 0 Å². The predicted molar refractivity (Wildman–Crippen MR) is 95.9 cm³/mol. The summed E-state index contributed by atoms with van der Waals surface area (Å²) < 4.78 is 28.9. The van der Waals surface area contributed by atoms with Gasteiger partial charge in [-0.05, 0) is 56.9 Å². The lowest BCUT2D eigenvalue weighted by molar-refractivity contribution is 0.397. The van der Waals surface area contributed by atoms with Crippen LogP contribution in [-0.2, 0) is 13.0 Å². The maximum atomic E-state index is 13.7. The van der Waals surface area contributed by atoms with E-state index in [1.165, 1.54) is 6.07 Å². The van der Waals surface area contributed by atoms with Crippen molar-refractivity contribution in [2.45, 2.75) is 45.7 Å². The molecule has 1 aromatic heterocycles. The van der Waals surface area contributed by atoms with Gasteiger partial charge in [0.25, 0.3) is 0 Å². The average molecular weight is 362 g/mol. The molecule has 3 rings (SSSR count). The summed E-state index contributed by atoms with van der Waals surface area (Å²) >= 11 is 0. The largest absolute Gasteiger partial charge is 0.357 e. The van der Waals surface area contributed by atoms with E-state index in [2.05, 4.69) is 25.7 Å². The Morgan fingerprint density at radius 3 is 3.04 bits per heavy atom. The average Bonchev–Trinajstić information content (AvgIpc) is 2.99. The molecule has 0 amide bonds. The topological polar surface area (TPSA) is 67.1 Å². The van der Waals surface area contributed by atoms with Gasteiger partial charge >= 0.3 is 0 Å². The molecule has 2 heterocycles. The first kappa shape index (κ1) is 18.3. The summed E-state index contributed by atoms with van der Waals surface area (Å²) in [4.78, 5) is 9.01. The van der Waals surface area contributed by atoms with E-state index in [9.17, 15) is 8.78 Å². The molecule has 1 aliphatic rings. The Bertz CT molecular complexity index is 786. The first-order valence-corrected chi connectivity index (χ1v) is 8.97. The molecule has 140 valence electrons. The van der Waals surface area contributed by atoms with Gasteiger partial charge in [0.1, 0.15) is 23.3 Å². The van der Waals surface area contributed by atoms with Crippen molar-refractivity contribution in [3.05, 3.63) is 47.0 Å². The highest BCUT2D eigenvalue weighted by Gasteiger charge is 2.24. The summed E-state index contributed by atoms with van der Waals surface area (Å²) in [5.74, 6) is 1.47. The molecule has 1 aromatic carbocycles. The lowest BCUT2D eigenvalue weighted by Gasteiger charge is -2.25. The Kier molecular flexibility index (Phi) is 5.80. The summed E-state index contributed by atoms with van der Waals surface area (Å²) in [6.45, 7) is 5.81. The van der Waals surface area contributed by atoms with E-state index >= 15 is 0 Å². The normalized spacial score (nSPS) is 17.1. The first-order chi connectivity index (χ1) is 12.6. The van der Waals surface area contributed by atoms with Crippen LogP contribution in [0.5, 0.6) is 0 Å². The molecule has 6 nitrogen and oxygen atoms in total. The van der Waals surface area contributed by atoms with Gasteiger partial charge in [0.15, 0.2) is 5.96 Å². The van der Waals surface area contributed by atoms with Crippen molar-refractivity contribution >= 4 is 5.96 Å². The van der Waals surface area contributed by atoms with Crippen LogP contribution in [0.1, 0.15) is 43.0 Å². The summed E-state index contributed by atoms with van der Waals surface area (Å²) in [5, 5.41) is 11.0. The van der Waals surface area contributed by atoms with Crippen LogP contribution in [0.25, 0.3) is 0 Å². The van der Waals surface area contributed by atoms with Gasteiger partial charge in [0.2, 0.25) is 0 Å². The zero-order chi connectivity index (χ0) is 18.5. The van der Waals surface area contributed by atoms with Gasteiger partial charge in [-0.15, -0.1) is 0 Å². The Hall–Kier alpha value is -2.51. The van der Waals surface area contributed by atoms with Gasteiger partial charge in [-0.1, -0.05) is 0 Å². The number of nitrogens with zero attached hydrogens (tertiary/aromatic N) is 4. The number of nitrogens with one attached hydrogen (secondary N) is 2. The SMILES string of the molecule is CCNC(=NCCc1cc(F)ccc1F)NC1CCCn2nc(C)nc21. The number of hydrogen-bond acceptors (Lipinski definition) is 3. The number of halogens is 2. The number of aryl methyl sites for hydroxylation is 2. The fourth-order valence-electron chi connectivity index (χ4n) is 3.11. The molecule has 0 saturated carbocycles. The number of aromatic nitrogens is 3. The van der Waals surface area contributed by atoms with Crippen LogP contribution in [0, 0.1) is 18.6 Å². The molecule has 26 heavy (non-hydrogen) atoms. The second-order valence-electron chi connectivity index (χ2n) is 6.33. The molecular formula is C18H24F2N6. The molecule has 1 unspecified atom stereocenters. The summed E-state index contributed by atoms with van der Waals surface area (Å²) in [5.41, 5.74) is 0.331. The number of rotatable bonds is 5. The zero-order valence-electron chi connectivity index (χ0n) is 15.1. The Labute approximate surface area is 151 Å². The van der Waals surface area contributed by atoms with Crippen molar-refractivity contribution in [2.75, 3.05) is 13.1 Å². The monoisotopic (exact) mass is 362 g/mol. The van der Waals surface area contributed by atoms with Crippen LogP contribution < -0.4 is 10.6 Å². The first-order valence-electron chi connectivity index (χ1n) is 8.97. The molecule has 2 aromatic rings. The highest BCUT2D eigenvalue weighted by Crippen LogP contribution is 2.22. The maximum Gasteiger partial charge on any atom is 0.191 e. The van der Waals surface area contributed by atoms with E-state index in [0.717, 1.165) is 43.2 Å². The zero-order valence-corrected chi connectivity index (χ0v) is 15.1. The molecule has 0 aliphatic carbocycles.